The van der Waals surface area contributed by atoms with Crippen molar-refractivity contribution in [2.45, 2.75) is 0 Å². The minimum absolute atomic E-state index is 0.0248. The van der Waals surface area contributed by atoms with Crippen LogP contribution < -0.4 is 10.2 Å². The molecule has 1 aliphatic rings. The van der Waals surface area contributed by atoms with Crippen molar-refractivity contribution in [1.82, 2.24) is 15.3 Å². The van der Waals surface area contributed by atoms with Gasteiger partial charge in [-0.15, -0.1) is 0 Å². The van der Waals surface area contributed by atoms with Crippen molar-refractivity contribution < 1.29 is 9.53 Å². The van der Waals surface area contributed by atoms with Crippen molar-refractivity contribution in [3.63, 3.8) is 0 Å². The SMILES string of the molecule is CN1CCN(NC(=O)COc2ccc(-c3ccccc3)cc2)CC1. The van der Waals surface area contributed by atoms with Gasteiger partial charge in [0.1, 0.15) is 5.75 Å². The Morgan fingerprint density at radius 1 is 0.958 bits per heavy atom. The molecule has 0 aromatic heterocycles. The summed E-state index contributed by atoms with van der Waals surface area (Å²) in [5.74, 6) is 0.579. The number of carbonyl (C=O) groups is 1. The first-order valence-electron chi connectivity index (χ1n) is 8.22. The standard InChI is InChI=1S/C19H23N3O2/c1-21-11-13-22(14-12-21)20-19(23)15-24-18-9-7-17(8-10-18)16-5-3-2-4-6-16/h2-10H,11-15H2,1H3,(H,20,23). The number of amides is 1. The molecule has 24 heavy (non-hydrogen) atoms. The van der Waals surface area contributed by atoms with Gasteiger partial charge in [0.05, 0.1) is 0 Å². The maximum absolute atomic E-state index is 12.0. The van der Waals surface area contributed by atoms with Crippen molar-refractivity contribution in [3.8, 4) is 16.9 Å². The highest BCUT2D eigenvalue weighted by Gasteiger charge is 2.15. The minimum atomic E-state index is -0.119. The van der Waals surface area contributed by atoms with E-state index in [4.69, 9.17) is 4.74 Å². The van der Waals surface area contributed by atoms with E-state index in [1.807, 2.05) is 47.5 Å². The van der Waals surface area contributed by atoms with E-state index in [0.29, 0.717) is 5.75 Å². The Morgan fingerprint density at radius 3 is 2.25 bits per heavy atom. The molecule has 1 amide bonds. The fraction of sp³-hybridized carbons (Fsp3) is 0.316. The third kappa shape index (κ3) is 4.57. The predicted molar refractivity (Wildman–Crippen MR) is 94.6 cm³/mol. The summed E-state index contributed by atoms with van der Waals surface area (Å²) in [6.07, 6.45) is 0. The Balaban J connectivity index is 1.47. The van der Waals surface area contributed by atoms with Crippen LogP contribution >= 0.6 is 0 Å². The number of nitrogens with one attached hydrogen (secondary N) is 1. The van der Waals surface area contributed by atoms with Gasteiger partial charge in [0.2, 0.25) is 0 Å². The van der Waals surface area contributed by atoms with Crippen LogP contribution in [-0.2, 0) is 4.79 Å². The molecule has 3 rings (SSSR count). The lowest BCUT2D eigenvalue weighted by molar-refractivity contribution is -0.128. The predicted octanol–water partition coefficient (Wildman–Crippen LogP) is 2.01. The third-order valence-corrected chi connectivity index (χ3v) is 4.12. The van der Waals surface area contributed by atoms with Crippen LogP contribution in [0.2, 0.25) is 0 Å². The van der Waals surface area contributed by atoms with Crippen LogP contribution in [0.1, 0.15) is 0 Å². The van der Waals surface area contributed by atoms with Gasteiger partial charge in [0.15, 0.2) is 6.61 Å². The van der Waals surface area contributed by atoms with Crippen LogP contribution in [0.3, 0.4) is 0 Å². The molecule has 0 atom stereocenters. The molecule has 1 heterocycles. The number of carbonyl (C=O) groups excluding carboxylic acids is 1. The highest BCUT2D eigenvalue weighted by molar-refractivity contribution is 5.77. The van der Waals surface area contributed by atoms with Gasteiger partial charge < -0.3 is 9.64 Å². The van der Waals surface area contributed by atoms with E-state index >= 15 is 0 Å². The maximum atomic E-state index is 12.0. The lowest BCUT2D eigenvalue weighted by atomic mass is 10.1. The minimum Gasteiger partial charge on any atom is -0.484 e. The molecule has 0 bridgehead atoms. The van der Waals surface area contributed by atoms with Crippen LogP contribution in [0.4, 0.5) is 0 Å². The molecule has 1 fully saturated rings. The Kier molecular flexibility index (Phi) is 5.46. The van der Waals surface area contributed by atoms with Crippen LogP contribution in [0.5, 0.6) is 5.75 Å². The monoisotopic (exact) mass is 325 g/mol. The summed E-state index contributed by atoms with van der Waals surface area (Å²) in [6, 6.07) is 18.0. The molecule has 0 aliphatic carbocycles. The number of rotatable bonds is 5. The zero-order chi connectivity index (χ0) is 16.8. The van der Waals surface area contributed by atoms with Gasteiger partial charge in [-0.25, -0.2) is 5.01 Å². The summed E-state index contributed by atoms with van der Waals surface area (Å²) < 4.78 is 5.57. The first-order chi connectivity index (χ1) is 11.7. The molecule has 1 saturated heterocycles. The topological polar surface area (TPSA) is 44.8 Å². The average molecular weight is 325 g/mol. The second-order valence-corrected chi connectivity index (χ2v) is 6.00. The fourth-order valence-electron chi connectivity index (χ4n) is 2.65. The molecule has 126 valence electrons. The zero-order valence-corrected chi connectivity index (χ0v) is 13.9. The van der Waals surface area contributed by atoms with Crippen molar-refractivity contribution in [2.24, 2.45) is 0 Å². The first-order valence-corrected chi connectivity index (χ1v) is 8.22. The van der Waals surface area contributed by atoms with Gasteiger partial charge in [0, 0.05) is 26.2 Å². The second kappa shape index (κ2) is 7.95. The van der Waals surface area contributed by atoms with Gasteiger partial charge in [0.25, 0.3) is 5.91 Å². The summed E-state index contributed by atoms with van der Waals surface area (Å²) in [4.78, 5) is 14.2. The molecule has 5 heteroatoms. The highest BCUT2D eigenvalue weighted by Crippen LogP contribution is 2.21. The number of hydrogen-bond acceptors (Lipinski definition) is 4. The Labute approximate surface area is 142 Å². The summed E-state index contributed by atoms with van der Waals surface area (Å²) >= 11 is 0. The highest BCUT2D eigenvalue weighted by atomic mass is 16.5. The molecular formula is C19H23N3O2. The summed E-state index contributed by atoms with van der Waals surface area (Å²) in [7, 11) is 2.08. The van der Waals surface area contributed by atoms with Gasteiger partial charge in [-0.2, -0.15) is 0 Å². The quantitative estimate of drug-likeness (QED) is 0.913. The van der Waals surface area contributed by atoms with Crippen LogP contribution in [0, 0.1) is 0 Å². The average Bonchev–Trinajstić information content (AvgIpc) is 2.63. The Bertz CT molecular complexity index is 650. The number of hydrazine groups is 1. The van der Waals surface area contributed by atoms with Gasteiger partial charge in [-0.3, -0.25) is 10.2 Å². The molecule has 1 N–H and O–H groups in total. The largest absolute Gasteiger partial charge is 0.484 e. The summed E-state index contributed by atoms with van der Waals surface area (Å²) in [5.41, 5.74) is 5.18. The number of nitrogens with zero attached hydrogens (tertiary/aromatic N) is 2. The maximum Gasteiger partial charge on any atom is 0.272 e. The molecule has 0 spiro atoms. The van der Waals surface area contributed by atoms with E-state index in [1.165, 1.54) is 0 Å². The number of benzene rings is 2. The fourth-order valence-corrected chi connectivity index (χ4v) is 2.65. The zero-order valence-electron chi connectivity index (χ0n) is 13.9. The summed E-state index contributed by atoms with van der Waals surface area (Å²) in [6.45, 7) is 3.63. The van der Waals surface area contributed by atoms with E-state index in [2.05, 4.69) is 29.5 Å². The summed E-state index contributed by atoms with van der Waals surface area (Å²) in [5, 5.41) is 1.95. The van der Waals surface area contributed by atoms with E-state index in [9.17, 15) is 4.79 Å². The van der Waals surface area contributed by atoms with Gasteiger partial charge in [-0.1, -0.05) is 42.5 Å². The molecular weight excluding hydrogens is 302 g/mol. The van der Waals surface area contributed by atoms with E-state index in [-0.39, 0.29) is 12.5 Å². The molecule has 0 radical (unpaired) electrons. The van der Waals surface area contributed by atoms with Crippen molar-refractivity contribution >= 4 is 5.91 Å². The molecule has 1 aliphatic heterocycles. The number of ether oxygens (including phenoxy) is 1. The smallest absolute Gasteiger partial charge is 0.272 e. The van der Waals surface area contributed by atoms with E-state index in [1.54, 1.807) is 0 Å². The Hall–Kier alpha value is -2.37. The second-order valence-electron chi connectivity index (χ2n) is 6.00. The van der Waals surface area contributed by atoms with E-state index in [0.717, 1.165) is 37.3 Å². The first kappa shape index (κ1) is 16.5. The normalized spacial score (nSPS) is 15.9. The van der Waals surface area contributed by atoms with Crippen molar-refractivity contribution in [3.05, 3.63) is 54.6 Å². The molecule has 0 unspecified atom stereocenters. The van der Waals surface area contributed by atoms with Crippen molar-refractivity contribution in [2.75, 3.05) is 39.8 Å². The van der Waals surface area contributed by atoms with E-state index < -0.39 is 0 Å². The van der Waals surface area contributed by atoms with Crippen LogP contribution in [-0.4, -0.2) is 55.6 Å². The number of hydrogen-bond donors (Lipinski definition) is 1. The lowest BCUT2D eigenvalue weighted by Crippen LogP contribution is -2.53. The number of piperazine rings is 1. The van der Waals surface area contributed by atoms with Crippen LogP contribution in [0.25, 0.3) is 11.1 Å². The van der Waals surface area contributed by atoms with Gasteiger partial charge >= 0.3 is 0 Å². The molecule has 2 aromatic carbocycles. The third-order valence-electron chi connectivity index (χ3n) is 4.12. The molecule has 0 saturated carbocycles. The number of likely N-dealkylation sites (N-methyl/N-ethyl adjacent to an activating group) is 1. The van der Waals surface area contributed by atoms with Crippen LogP contribution in [0.15, 0.2) is 54.6 Å². The molecule has 2 aromatic rings. The van der Waals surface area contributed by atoms with Gasteiger partial charge in [-0.05, 0) is 30.3 Å². The lowest BCUT2D eigenvalue weighted by Gasteiger charge is -2.32. The Morgan fingerprint density at radius 2 is 1.58 bits per heavy atom. The van der Waals surface area contributed by atoms with Crippen molar-refractivity contribution in [1.29, 1.82) is 0 Å². The molecule has 5 nitrogen and oxygen atoms in total.